The molecule has 1 aliphatic heterocycles. The van der Waals surface area contributed by atoms with Crippen LogP contribution in [0.25, 0.3) is 0 Å². The average molecular weight is 469 g/mol. The lowest BCUT2D eigenvalue weighted by Gasteiger charge is -2.26. The summed E-state index contributed by atoms with van der Waals surface area (Å²) in [6, 6.07) is 20.0. The molecular formula is C24H24N2O6S. The van der Waals surface area contributed by atoms with Gasteiger partial charge in [0.2, 0.25) is 5.91 Å². The number of sulfonamides is 1. The summed E-state index contributed by atoms with van der Waals surface area (Å²) in [6.07, 6.45) is 0. The van der Waals surface area contributed by atoms with Crippen molar-refractivity contribution >= 4 is 27.3 Å². The van der Waals surface area contributed by atoms with Crippen LogP contribution in [0.5, 0.6) is 11.5 Å². The molecule has 0 saturated carbocycles. The van der Waals surface area contributed by atoms with Crippen LogP contribution in [-0.2, 0) is 26.2 Å². The maximum absolute atomic E-state index is 13.5. The second-order valence-electron chi connectivity index (χ2n) is 7.33. The van der Waals surface area contributed by atoms with Gasteiger partial charge < -0.3 is 19.5 Å². The zero-order chi connectivity index (χ0) is 23.3. The predicted octanol–water partition coefficient (Wildman–Crippen LogP) is 3.44. The monoisotopic (exact) mass is 468 g/mol. The average Bonchev–Trinajstić information content (AvgIpc) is 2.83. The number of benzene rings is 3. The van der Waals surface area contributed by atoms with Gasteiger partial charge in [0.15, 0.2) is 11.5 Å². The Bertz CT molecular complexity index is 1230. The van der Waals surface area contributed by atoms with E-state index < -0.39 is 22.5 Å². The molecule has 0 aliphatic carbocycles. The van der Waals surface area contributed by atoms with Gasteiger partial charge in [-0.3, -0.25) is 9.10 Å². The van der Waals surface area contributed by atoms with Gasteiger partial charge in [0, 0.05) is 18.9 Å². The van der Waals surface area contributed by atoms with Crippen LogP contribution in [0.15, 0.2) is 77.7 Å². The normalized spacial score (nSPS) is 12.8. The molecule has 1 aliphatic rings. The minimum Gasteiger partial charge on any atom is -0.486 e. The van der Waals surface area contributed by atoms with E-state index in [1.165, 1.54) is 12.1 Å². The first-order valence-electron chi connectivity index (χ1n) is 10.3. The Morgan fingerprint density at radius 3 is 2.48 bits per heavy atom. The molecule has 8 nitrogen and oxygen atoms in total. The maximum Gasteiger partial charge on any atom is 0.264 e. The Hall–Kier alpha value is -3.56. The lowest BCUT2D eigenvalue weighted by atomic mass is 10.2. The maximum atomic E-state index is 13.5. The minimum atomic E-state index is -4.03. The van der Waals surface area contributed by atoms with E-state index in [9.17, 15) is 13.2 Å². The highest BCUT2D eigenvalue weighted by Crippen LogP contribution is 2.35. The Labute approximate surface area is 192 Å². The molecule has 0 radical (unpaired) electrons. The standard InChI is InChI=1S/C24H24N2O6S/c1-30-17-18-6-5-7-19(14-18)25-24(27)16-26(33(28,29)21-8-3-2-4-9-21)20-10-11-22-23(15-20)32-13-12-31-22/h2-11,14-15H,12-13,16-17H2,1H3,(H,25,27). The molecule has 1 N–H and O–H groups in total. The van der Waals surface area contributed by atoms with Crippen LogP contribution in [0.1, 0.15) is 5.56 Å². The number of rotatable bonds is 8. The third kappa shape index (κ3) is 5.27. The van der Waals surface area contributed by atoms with Crippen molar-refractivity contribution in [3.8, 4) is 11.5 Å². The Balaban J connectivity index is 1.64. The number of amides is 1. The number of methoxy groups -OCH3 is 1. The second-order valence-corrected chi connectivity index (χ2v) is 9.20. The first-order valence-corrected chi connectivity index (χ1v) is 11.8. The van der Waals surface area contributed by atoms with Crippen molar-refractivity contribution in [1.82, 2.24) is 0 Å². The fraction of sp³-hybridized carbons (Fsp3) is 0.208. The highest BCUT2D eigenvalue weighted by atomic mass is 32.2. The van der Waals surface area contributed by atoms with Crippen LogP contribution in [0, 0.1) is 0 Å². The molecule has 9 heteroatoms. The van der Waals surface area contributed by atoms with E-state index in [4.69, 9.17) is 14.2 Å². The Kier molecular flexibility index (Phi) is 6.81. The SMILES string of the molecule is COCc1cccc(NC(=O)CN(c2ccc3c(c2)OCCO3)S(=O)(=O)c2ccccc2)c1. The number of hydrogen-bond donors (Lipinski definition) is 1. The quantitative estimate of drug-likeness (QED) is 0.544. The predicted molar refractivity (Wildman–Crippen MR) is 124 cm³/mol. The third-order valence-corrected chi connectivity index (χ3v) is 6.74. The largest absolute Gasteiger partial charge is 0.486 e. The van der Waals surface area contributed by atoms with E-state index in [0.717, 1.165) is 9.87 Å². The summed E-state index contributed by atoms with van der Waals surface area (Å²) >= 11 is 0. The molecule has 4 rings (SSSR count). The number of fused-ring (bicyclic) bond motifs is 1. The highest BCUT2D eigenvalue weighted by Gasteiger charge is 2.28. The number of anilines is 2. The molecule has 0 aromatic heterocycles. The number of carbonyl (C=O) groups excluding carboxylic acids is 1. The van der Waals surface area contributed by atoms with Crippen molar-refractivity contribution in [2.24, 2.45) is 0 Å². The smallest absolute Gasteiger partial charge is 0.264 e. The topological polar surface area (TPSA) is 94.2 Å². The lowest BCUT2D eigenvalue weighted by Crippen LogP contribution is -2.38. The summed E-state index contributed by atoms with van der Waals surface area (Å²) in [5.41, 5.74) is 1.73. The number of ether oxygens (including phenoxy) is 3. The second kappa shape index (κ2) is 9.93. The third-order valence-electron chi connectivity index (χ3n) is 4.95. The van der Waals surface area contributed by atoms with Crippen molar-refractivity contribution in [3.63, 3.8) is 0 Å². The van der Waals surface area contributed by atoms with Crippen molar-refractivity contribution < 1.29 is 27.4 Å². The molecular weight excluding hydrogens is 444 g/mol. The first kappa shape index (κ1) is 22.6. The van der Waals surface area contributed by atoms with Gasteiger partial charge in [-0.15, -0.1) is 0 Å². The van der Waals surface area contributed by atoms with Gasteiger partial charge in [-0.2, -0.15) is 0 Å². The van der Waals surface area contributed by atoms with Gasteiger partial charge in [-0.1, -0.05) is 30.3 Å². The van der Waals surface area contributed by atoms with E-state index >= 15 is 0 Å². The van der Waals surface area contributed by atoms with Crippen molar-refractivity contribution in [1.29, 1.82) is 0 Å². The van der Waals surface area contributed by atoms with Gasteiger partial charge in [-0.25, -0.2) is 8.42 Å². The van der Waals surface area contributed by atoms with Gasteiger partial charge >= 0.3 is 0 Å². The van der Waals surface area contributed by atoms with Crippen LogP contribution in [-0.4, -0.2) is 41.2 Å². The molecule has 0 saturated heterocycles. The lowest BCUT2D eigenvalue weighted by molar-refractivity contribution is -0.114. The van der Waals surface area contributed by atoms with Gasteiger partial charge in [-0.05, 0) is 42.0 Å². The van der Waals surface area contributed by atoms with Gasteiger partial charge in [0.25, 0.3) is 10.0 Å². The fourth-order valence-corrected chi connectivity index (χ4v) is 4.89. The van der Waals surface area contributed by atoms with Crippen LogP contribution in [0.3, 0.4) is 0 Å². The molecule has 172 valence electrons. The van der Waals surface area contributed by atoms with Gasteiger partial charge in [0.05, 0.1) is 17.2 Å². The van der Waals surface area contributed by atoms with Crippen LogP contribution in [0.4, 0.5) is 11.4 Å². The molecule has 0 bridgehead atoms. The van der Waals surface area contributed by atoms with E-state index in [2.05, 4.69) is 5.32 Å². The number of hydrogen-bond acceptors (Lipinski definition) is 6. The van der Waals surface area contributed by atoms with Crippen molar-refractivity contribution in [2.45, 2.75) is 11.5 Å². The summed E-state index contributed by atoms with van der Waals surface area (Å²) in [5, 5.41) is 2.77. The summed E-state index contributed by atoms with van der Waals surface area (Å²) in [6.45, 7) is 0.754. The highest BCUT2D eigenvalue weighted by molar-refractivity contribution is 7.92. The van der Waals surface area contributed by atoms with E-state index in [1.54, 1.807) is 61.7 Å². The van der Waals surface area contributed by atoms with E-state index in [-0.39, 0.29) is 4.90 Å². The number of nitrogens with one attached hydrogen (secondary N) is 1. The first-order chi connectivity index (χ1) is 16.0. The summed E-state index contributed by atoms with van der Waals surface area (Å²) in [5.74, 6) is 0.472. The Morgan fingerprint density at radius 2 is 1.73 bits per heavy atom. The Morgan fingerprint density at radius 1 is 0.970 bits per heavy atom. The molecule has 1 heterocycles. The zero-order valence-electron chi connectivity index (χ0n) is 18.1. The summed E-state index contributed by atoms with van der Waals surface area (Å²) in [7, 11) is -2.44. The molecule has 1 amide bonds. The van der Waals surface area contributed by atoms with Crippen LogP contribution < -0.4 is 19.1 Å². The molecule has 0 atom stereocenters. The fourth-order valence-electron chi connectivity index (χ4n) is 3.46. The molecule has 3 aromatic carbocycles. The summed E-state index contributed by atoms with van der Waals surface area (Å²) < 4.78 is 44.3. The molecule has 0 fully saturated rings. The minimum absolute atomic E-state index is 0.0785. The van der Waals surface area contributed by atoms with Gasteiger partial charge in [0.1, 0.15) is 19.8 Å². The number of nitrogens with zero attached hydrogens (tertiary/aromatic N) is 1. The van der Waals surface area contributed by atoms with Crippen LogP contribution >= 0.6 is 0 Å². The molecule has 0 spiro atoms. The zero-order valence-corrected chi connectivity index (χ0v) is 18.9. The molecule has 3 aromatic rings. The van der Waals surface area contributed by atoms with E-state index in [0.29, 0.717) is 42.7 Å². The summed E-state index contributed by atoms with van der Waals surface area (Å²) in [4.78, 5) is 13.0. The molecule has 33 heavy (non-hydrogen) atoms. The van der Waals surface area contributed by atoms with Crippen LogP contribution in [0.2, 0.25) is 0 Å². The van der Waals surface area contributed by atoms with Crippen molar-refractivity contribution in [2.75, 3.05) is 36.5 Å². The van der Waals surface area contributed by atoms with E-state index in [1.807, 2.05) is 6.07 Å². The number of carbonyl (C=O) groups is 1. The molecule has 0 unspecified atom stereocenters. The van der Waals surface area contributed by atoms with Crippen molar-refractivity contribution in [3.05, 3.63) is 78.4 Å².